The molecule has 2 fully saturated rings. The highest BCUT2D eigenvalue weighted by Gasteiger charge is 2.49. The SMILES string of the molecule is CC(C)N1CCC[C@]2(CCN(c3cnc4ccccc4n3)C2)C1=O. The van der Waals surface area contributed by atoms with Crippen LogP contribution < -0.4 is 4.90 Å². The van der Waals surface area contributed by atoms with Gasteiger partial charge in [-0.05, 0) is 45.2 Å². The molecule has 0 saturated carbocycles. The van der Waals surface area contributed by atoms with Crippen LogP contribution in [0.25, 0.3) is 11.0 Å². The first-order valence-corrected chi connectivity index (χ1v) is 8.87. The van der Waals surface area contributed by atoms with E-state index in [0.29, 0.717) is 5.91 Å². The number of aromatic nitrogens is 2. The second-order valence-electron chi connectivity index (χ2n) is 7.36. The van der Waals surface area contributed by atoms with Gasteiger partial charge in [-0.3, -0.25) is 9.78 Å². The third kappa shape index (κ3) is 2.43. The van der Waals surface area contributed by atoms with Crippen LogP contribution in [0.2, 0.25) is 0 Å². The first kappa shape index (κ1) is 15.4. The van der Waals surface area contributed by atoms with Crippen molar-refractivity contribution >= 4 is 22.8 Å². The Morgan fingerprint density at radius 2 is 1.92 bits per heavy atom. The highest BCUT2D eigenvalue weighted by molar-refractivity contribution is 5.85. The Balaban J connectivity index is 1.60. The minimum absolute atomic E-state index is 0.226. The van der Waals surface area contributed by atoms with Gasteiger partial charge in [-0.1, -0.05) is 12.1 Å². The summed E-state index contributed by atoms with van der Waals surface area (Å²) >= 11 is 0. The second-order valence-corrected chi connectivity index (χ2v) is 7.36. The van der Waals surface area contributed by atoms with E-state index in [2.05, 4.69) is 28.6 Å². The zero-order valence-electron chi connectivity index (χ0n) is 14.4. The summed E-state index contributed by atoms with van der Waals surface area (Å²) in [6, 6.07) is 8.21. The molecule has 0 radical (unpaired) electrons. The van der Waals surface area contributed by atoms with E-state index in [0.717, 1.165) is 55.7 Å². The molecule has 5 heteroatoms. The molecule has 0 aliphatic carbocycles. The molecule has 126 valence electrons. The van der Waals surface area contributed by atoms with Crippen molar-refractivity contribution in [2.24, 2.45) is 5.41 Å². The van der Waals surface area contributed by atoms with Crippen LogP contribution in [0.5, 0.6) is 0 Å². The van der Waals surface area contributed by atoms with Gasteiger partial charge in [0.2, 0.25) is 5.91 Å². The molecule has 24 heavy (non-hydrogen) atoms. The van der Waals surface area contributed by atoms with E-state index in [1.54, 1.807) is 0 Å². The van der Waals surface area contributed by atoms with Crippen molar-refractivity contribution in [3.05, 3.63) is 30.5 Å². The summed E-state index contributed by atoms with van der Waals surface area (Å²) in [5.41, 5.74) is 1.60. The van der Waals surface area contributed by atoms with Crippen molar-refractivity contribution < 1.29 is 4.79 Å². The van der Waals surface area contributed by atoms with Gasteiger partial charge in [0.05, 0.1) is 22.6 Å². The molecule has 0 N–H and O–H groups in total. The third-order valence-electron chi connectivity index (χ3n) is 5.51. The highest BCUT2D eigenvalue weighted by atomic mass is 16.2. The normalized spacial score (nSPS) is 24.5. The van der Waals surface area contributed by atoms with Gasteiger partial charge >= 0.3 is 0 Å². The molecule has 1 spiro atoms. The fourth-order valence-corrected chi connectivity index (χ4v) is 4.14. The smallest absolute Gasteiger partial charge is 0.230 e. The number of amides is 1. The molecular formula is C19H24N4O. The molecular weight excluding hydrogens is 300 g/mol. The maximum atomic E-state index is 13.0. The molecule has 2 aromatic rings. The van der Waals surface area contributed by atoms with E-state index in [1.165, 1.54) is 0 Å². The second kappa shape index (κ2) is 5.72. The number of anilines is 1. The van der Waals surface area contributed by atoms with Crippen molar-refractivity contribution in [2.45, 2.75) is 39.2 Å². The van der Waals surface area contributed by atoms with Gasteiger partial charge in [0.1, 0.15) is 5.82 Å². The van der Waals surface area contributed by atoms with Crippen LogP contribution in [-0.4, -0.2) is 46.5 Å². The largest absolute Gasteiger partial charge is 0.354 e. The lowest BCUT2D eigenvalue weighted by atomic mass is 9.78. The summed E-state index contributed by atoms with van der Waals surface area (Å²) in [6.07, 6.45) is 4.85. The summed E-state index contributed by atoms with van der Waals surface area (Å²) in [7, 11) is 0. The van der Waals surface area contributed by atoms with Crippen LogP contribution in [0, 0.1) is 5.41 Å². The van der Waals surface area contributed by atoms with E-state index in [4.69, 9.17) is 4.98 Å². The fraction of sp³-hybridized carbons (Fsp3) is 0.526. The Morgan fingerprint density at radius 3 is 2.71 bits per heavy atom. The Morgan fingerprint density at radius 1 is 1.12 bits per heavy atom. The van der Waals surface area contributed by atoms with Gasteiger partial charge in [0.25, 0.3) is 0 Å². The molecule has 0 bridgehead atoms. The Labute approximate surface area is 142 Å². The lowest BCUT2D eigenvalue weighted by Gasteiger charge is -2.41. The van der Waals surface area contributed by atoms with E-state index in [9.17, 15) is 4.79 Å². The Bertz CT molecular complexity index is 775. The summed E-state index contributed by atoms with van der Waals surface area (Å²) in [6.45, 7) is 6.76. The van der Waals surface area contributed by atoms with Crippen LogP contribution in [0.4, 0.5) is 5.82 Å². The maximum absolute atomic E-state index is 13.0. The molecule has 2 aliphatic rings. The van der Waals surface area contributed by atoms with Crippen molar-refractivity contribution in [1.82, 2.24) is 14.9 Å². The molecule has 2 saturated heterocycles. The van der Waals surface area contributed by atoms with Gasteiger partial charge < -0.3 is 9.80 Å². The number of carbonyl (C=O) groups is 1. The van der Waals surface area contributed by atoms with Crippen LogP contribution >= 0.6 is 0 Å². The van der Waals surface area contributed by atoms with Crippen molar-refractivity contribution in [2.75, 3.05) is 24.5 Å². The zero-order valence-corrected chi connectivity index (χ0v) is 14.4. The quantitative estimate of drug-likeness (QED) is 0.852. The van der Waals surface area contributed by atoms with E-state index in [-0.39, 0.29) is 11.5 Å². The minimum Gasteiger partial charge on any atom is -0.354 e. The first-order valence-electron chi connectivity index (χ1n) is 8.87. The number of para-hydroxylation sites is 2. The number of fused-ring (bicyclic) bond motifs is 1. The summed E-state index contributed by atoms with van der Waals surface area (Å²) in [5.74, 6) is 1.22. The average molecular weight is 324 g/mol. The van der Waals surface area contributed by atoms with Gasteiger partial charge in [-0.25, -0.2) is 4.98 Å². The highest BCUT2D eigenvalue weighted by Crippen LogP contribution is 2.41. The van der Waals surface area contributed by atoms with Crippen LogP contribution in [0.3, 0.4) is 0 Å². The predicted octanol–water partition coefficient (Wildman–Crippen LogP) is 2.86. The number of hydrogen-bond acceptors (Lipinski definition) is 4. The van der Waals surface area contributed by atoms with Crippen LogP contribution in [0.1, 0.15) is 33.1 Å². The van der Waals surface area contributed by atoms with Gasteiger partial charge in [0, 0.05) is 25.7 Å². The number of benzene rings is 1. The molecule has 1 atom stereocenters. The third-order valence-corrected chi connectivity index (χ3v) is 5.51. The van der Waals surface area contributed by atoms with Crippen molar-refractivity contribution in [1.29, 1.82) is 0 Å². The molecule has 3 heterocycles. The van der Waals surface area contributed by atoms with Crippen molar-refractivity contribution in [3.8, 4) is 0 Å². The molecule has 0 unspecified atom stereocenters. The molecule has 1 amide bonds. The molecule has 5 nitrogen and oxygen atoms in total. The number of nitrogens with zero attached hydrogens (tertiary/aromatic N) is 4. The van der Waals surface area contributed by atoms with Crippen molar-refractivity contribution in [3.63, 3.8) is 0 Å². The summed E-state index contributed by atoms with van der Waals surface area (Å²) < 4.78 is 0. The molecule has 1 aromatic carbocycles. The summed E-state index contributed by atoms with van der Waals surface area (Å²) in [4.78, 5) is 26.6. The monoisotopic (exact) mass is 324 g/mol. The summed E-state index contributed by atoms with van der Waals surface area (Å²) in [5, 5.41) is 0. The number of piperidine rings is 1. The number of rotatable bonds is 2. The minimum atomic E-state index is -0.226. The van der Waals surface area contributed by atoms with Crippen LogP contribution in [-0.2, 0) is 4.79 Å². The van der Waals surface area contributed by atoms with Gasteiger partial charge in [0.15, 0.2) is 0 Å². The number of carbonyl (C=O) groups excluding carboxylic acids is 1. The topological polar surface area (TPSA) is 49.3 Å². The molecule has 2 aliphatic heterocycles. The zero-order chi connectivity index (χ0) is 16.7. The Kier molecular flexibility index (Phi) is 3.66. The standard InChI is InChI=1S/C19H24N4O/c1-14(2)23-10-5-8-19(18(23)24)9-11-22(13-19)17-12-20-15-6-3-4-7-16(15)21-17/h3-4,6-7,12,14H,5,8-11,13H2,1-2H3/t19-/m1/s1. The lowest BCUT2D eigenvalue weighted by molar-refractivity contribution is -0.147. The van der Waals surface area contributed by atoms with Crippen LogP contribution in [0.15, 0.2) is 30.5 Å². The maximum Gasteiger partial charge on any atom is 0.230 e. The average Bonchev–Trinajstić information content (AvgIpc) is 3.02. The van der Waals surface area contributed by atoms with Gasteiger partial charge in [-0.2, -0.15) is 0 Å². The first-order chi connectivity index (χ1) is 11.6. The van der Waals surface area contributed by atoms with E-state index >= 15 is 0 Å². The number of likely N-dealkylation sites (tertiary alicyclic amines) is 1. The van der Waals surface area contributed by atoms with E-state index in [1.807, 2.05) is 30.5 Å². The van der Waals surface area contributed by atoms with E-state index < -0.39 is 0 Å². The molecule has 1 aromatic heterocycles. The lowest BCUT2D eigenvalue weighted by Crippen LogP contribution is -2.52. The predicted molar refractivity (Wildman–Crippen MR) is 94.9 cm³/mol. The Hall–Kier alpha value is -2.17. The fourth-order valence-electron chi connectivity index (χ4n) is 4.14. The van der Waals surface area contributed by atoms with Gasteiger partial charge in [-0.15, -0.1) is 0 Å². The molecule has 4 rings (SSSR count). The number of hydrogen-bond donors (Lipinski definition) is 0.